The second-order valence-electron chi connectivity index (χ2n) is 4.89. The van der Waals surface area contributed by atoms with Crippen molar-refractivity contribution in [2.45, 2.75) is 26.3 Å². The van der Waals surface area contributed by atoms with Crippen LogP contribution in [0.3, 0.4) is 0 Å². The highest BCUT2D eigenvalue weighted by molar-refractivity contribution is 5.78. The van der Waals surface area contributed by atoms with Crippen molar-refractivity contribution in [3.63, 3.8) is 0 Å². The van der Waals surface area contributed by atoms with Crippen LogP contribution in [-0.4, -0.2) is 35.0 Å². The molecule has 1 aromatic carbocycles. The lowest BCUT2D eigenvalue weighted by atomic mass is 10.0. The lowest BCUT2D eigenvalue weighted by molar-refractivity contribution is -0.143. The van der Waals surface area contributed by atoms with E-state index in [9.17, 15) is 9.59 Å². The highest BCUT2D eigenvalue weighted by Crippen LogP contribution is 2.15. The summed E-state index contributed by atoms with van der Waals surface area (Å²) in [5.74, 6) is -1.59. The number of carboxylic acid groups (broad SMARTS) is 1. The Kier molecular flexibility index (Phi) is 6.18. The Balaban J connectivity index is 2.61. The standard InChI is InChI=1S/C15H22N2O3/c1-3-17(10-11(2)15(19)20)14(18)9-13(16)12-7-5-4-6-8-12/h4-8,11,13H,3,9-10,16H2,1-2H3,(H,19,20). The number of hydrogen-bond donors (Lipinski definition) is 2. The van der Waals surface area contributed by atoms with Crippen molar-refractivity contribution >= 4 is 11.9 Å². The zero-order valence-corrected chi connectivity index (χ0v) is 12.0. The van der Waals surface area contributed by atoms with Gasteiger partial charge in [-0.25, -0.2) is 0 Å². The van der Waals surface area contributed by atoms with Crippen LogP contribution in [0, 0.1) is 5.92 Å². The van der Waals surface area contributed by atoms with E-state index in [2.05, 4.69) is 0 Å². The average Bonchev–Trinajstić information content (AvgIpc) is 2.44. The molecule has 0 fully saturated rings. The van der Waals surface area contributed by atoms with Crippen LogP contribution in [0.1, 0.15) is 31.9 Å². The van der Waals surface area contributed by atoms with Crippen LogP contribution in [0.4, 0.5) is 0 Å². The summed E-state index contributed by atoms with van der Waals surface area (Å²) >= 11 is 0. The molecule has 1 aromatic rings. The molecule has 0 aliphatic rings. The molecule has 0 spiro atoms. The minimum Gasteiger partial charge on any atom is -0.481 e. The minimum absolute atomic E-state index is 0.114. The van der Waals surface area contributed by atoms with Gasteiger partial charge in [0.2, 0.25) is 5.91 Å². The number of carbonyl (C=O) groups is 2. The van der Waals surface area contributed by atoms with E-state index in [1.165, 1.54) is 0 Å². The monoisotopic (exact) mass is 278 g/mol. The largest absolute Gasteiger partial charge is 0.481 e. The van der Waals surface area contributed by atoms with E-state index in [1.54, 1.807) is 11.8 Å². The van der Waals surface area contributed by atoms with Crippen LogP contribution in [0.25, 0.3) is 0 Å². The van der Waals surface area contributed by atoms with Gasteiger partial charge >= 0.3 is 5.97 Å². The quantitative estimate of drug-likeness (QED) is 0.794. The maximum Gasteiger partial charge on any atom is 0.308 e. The summed E-state index contributed by atoms with van der Waals surface area (Å²) in [7, 11) is 0. The maximum atomic E-state index is 12.2. The van der Waals surface area contributed by atoms with Gasteiger partial charge in [0.05, 0.1) is 5.92 Å². The molecule has 0 bridgehead atoms. The van der Waals surface area contributed by atoms with Gasteiger partial charge in [0.15, 0.2) is 0 Å². The van der Waals surface area contributed by atoms with Gasteiger partial charge in [-0.1, -0.05) is 37.3 Å². The van der Waals surface area contributed by atoms with Crippen molar-refractivity contribution in [1.29, 1.82) is 0 Å². The van der Waals surface area contributed by atoms with E-state index >= 15 is 0 Å². The molecule has 0 saturated heterocycles. The van der Waals surface area contributed by atoms with Gasteiger partial charge in [-0.05, 0) is 12.5 Å². The first-order chi connectivity index (χ1) is 9.45. The van der Waals surface area contributed by atoms with E-state index in [1.807, 2.05) is 37.3 Å². The second kappa shape index (κ2) is 7.65. The Hall–Kier alpha value is -1.88. The SMILES string of the molecule is CCN(CC(C)C(=O)O)C(=O)CC(N)c1ccccc1. The van der Waals surface area contributed by atoms with Crippen molar-refractivity contribution in [2.24, 2.45) is 11.7 Å². The molecule has 2 unspecified atom stereocenters. The average molecular weight is 278 g/mol. The normalized spacial score (nSPS) is 13.6. The first-order valence-electron chi connectivity index (χ1n) is 6.76. The molecule has 0 radical (unpaired) electrons. The van der Waals surface area contributed by atoms with Crippen LogP contribution in [0.5, 0.6) is 0 Å². The van der Waals surface area contributed by atoms with Gasteiger partial charge in [0.1, 0.15) is 0 Å². The van der Waals surface area contributed by atoms with Crippen LogP contribution < -0.4 is 5.73 Å². The van der Waals surface area contributed by atoms with E-state index in [0.717, 1.165) is 5.56 Å². The van der Waals surface area contributed by atoms with E-state index in [-0.39, 0.29) is 24.9 Å². The summed E-state index contributed by atoms with van der Waals surface area (Å²) in [6.07, 6.45) is 0.185. The van der Waals surface area contributed by atoms with E-state index in [0.29, 0.717) is 6.54 Å². The fraction of sp³-hybridized carbons (Fsp3) is 0.467. The number of benzene rings is 1. The molecule has 0 heterocycles. The van der Waals surface area contributed by atoms with Gasteiger partial charge in [-0.15, -0.1) is 0 Å². The van der Waals surface area contributed by atoms with Gasteiger partial charge in [-0.2, -0.15) is 0 Å². The molecular weight excluding hydrogens is 256 g/mol. The molecule has 0 aliphatic heterocycles. The number of carbonyl (C=O) groups excluding carboxylic acids is 1. The number of nitrogens with two attached hydrogens (primary N) is 1. The predicted molar refractivity (Wildman–Crippen MR) is 77.0 cm³/mol. The molecule has 5 heteroatoms. The predicted octanol–water partition coefficient (Wildman–Crippen LogP) is 1.65. The Morgan fingerprint density at radius 2 is 1.90 bits per heavy atom. The molecule has 2 atom stereocenters. The third-order valence-corrected chi connectivity index (χ3v) is 3.27. The second-order valence-corrected chi connectivity index (χ2v) is 4.89. The molecule has 5 nitrogen and oxygen atoms in total. The summed E-state index contributed by atoms with van der Waals surface area (Å²) in [5, 5.41) is 8.91. The van der Waals surface area contributed by atoms with Gasteiger partial charge in [0, 0.05) is 25.6 Å². The van der Waals surface area contributed by atoms with Gasteiger partial charge in [0.25, 0.3) is 0 Å². The van der Waals surface area contributed by atoms with E-state index < -0.39 is 11.9 Å². The van der Waals surface area contributed by atoms with Crippen LogP contribution in [-0.2, 0) is 9.59 Å². The Morgan fingerprint density at radius 3 is 2.40 bits per heavy atom. The highest BCUT2D eigenvalue weighted by Gasteiger charge is 2.21. The minimum atomic E-state index is -0.899. The lowest BCUT2D eigenvalue weighted by Gasteiger charge is -2.24. The smallest absolute Gasteiger partial charge is 0.308 e. The molecule has 1 amide bonds. The third kappa shape index (κ3) is 4.66. The molecule has 0 saturated carbocycles. The maximum absolute atomic E-state index is 12.2. The van der Waals surface area contributed by atoms with Crippen LogP contribution >= 0.6 is 0 Å². The fourth-order valence-electron chi connectivity index (χ4n) is 1.95. The number of amides is 1. The van der Waals surface area contributed by atoms with Crippen LogP contribution in [0.15, 0.2) is 30.3 Å². The first kappa shape index (κ1) is 16.2. The number of aliphatic carboxylic acids is 1. The highest BCUT2D eigenvalue weighted by atomic mass is 16.4. The van der Waals surface area contributed by atoms with E-state index in [4.69, 9.17) is 10.8 Å². The molecule has 110 valence electrons. The topological polar surface area (TPSA) is 83.6 Å². The number of rotatable bonds is 7. The summed E-state index contributed by atoms with van der Waals surface area (Å²) < 4.78 is 0. The number of hydrogen-bond acceptors (Lipinski definition) is 3. The van der Waals surface area contributed by atoms with Crippen molar-refractivity contribution in [3.8, 4) is 0 Å². The molecule has 0 aliphatic carbocycles. The zero-order valence-electron chi connectivity index (χ0n) is 12.0. The van der Waals surface area contributed by atoms with Crippen molar-refractivity contribution < 1.29 is 14.7 Å². The summed E-state index contributed by atoms with van der Waals surface area (Å²) in [5.41, 5.74) is 6.92. The zero-order chi connectivity index (χ0) is 15.1. The first-order valence-corrected chi connectivity index (χ1v) is 6.76. The Bertz CT molecular complexity index is 448. The third-order valence-electron chi connectivity index (χ3n) is 3.27. The van der Waals surface area contributed by atoms with Gasteiger partial charge in [-0.3, -0.25) is 9.59 Å². The summed E-state index contributed by atoms with van der Waals surface area (Å²) in [6.45, 7) is 4.13. The lowest BCUT2D eigenvalue weighted by Crippen LogP contribution is -2.38. The number of nitrogens with zero attached hydrogens (tertiary/aromatic N) is 1. The summed E-state index contributed by atoms with van der Waals surface area (Å²) in [4.78, 5) is 24.6. The molecular formula is C15H22N2O3. The number of carboxylic acids is 1. The Morgan fingerprint density at radius 1 is 1.30 bits per heavy atom. The Labute approximate surface area is 119 Å². The molecule has 1 rings (SSSR count). The fourth-order valence-corrected chi connectivity index (χ4v) is 1.95. The van der Waals surface area contributed by atoms with Crippen molar-refractivity contribution in [3.05, 3.63) is 35.9 Å². The summed E-state index contributed by atoms with van der Waals surface area (Å²) in [6, 6.07) is 9.05. The molecule has 20 heavy (non-hydrogen) atoms. The molecule has 0 aromatic heterocycles. The van der Waals surface area contributed by atoms with Crippen molar-refractivity contribution in [2.75, 3.05) is 13.1 Å². The molecule has 3 N–H and O–H groups in total. The van der Waals surface area contributed by atoms with Gasteiger partial charge < -0.3 is 15.7 Å². The van der Waals surface area contributed by atoms with Crippen LogP contribution in [0.2, 0.25) is 0 Å². The van der Waals surface area contributed by atoms with Crippen molar-refractivity contribution in [1.82, 2.24) is 4.90 Å².